The molecule has 2 aromatic heterocycles. The summed E-state index contributed by atoms with van der Waals surface area (Å²) in [4.78, 5) is 12.5. The number of nitrogens with zero attached hydrogens (tertiary/aromatic N) is 4. The number of aromatic nitrogens is 4. The number of likely N-dealkylation sites (N-methyl/N-ethyl adjacent to an activating group) is 1. The second kappa shape index (κ2) is 5.92. The molecule has 0 bridgehead atoms. The fraction of sp³-hybridized carbons (Fsp3) is 0.533. The summed E-state index contributed by atoms with van der Waals surface area (Å²) < 4.78 is 3.66. The predicted molar refractivity (Wildman–Crippen MR) is 83.5 cm³/mol. The molecule has 118 valence electrons. The number of carbonyl (C=O) groups is 1. The molecular weight excluding hydrogens is 280 g/mol. The van der Waals surface area contributed by atoms with Crippen molar-refractivity contribution in [3.05, 3.63) is 29.7 Å². The van der Waals surface area contributed by atoms with Crippen LogP contribution in [0.15, 0.2) is 18.5 Å². The van der Waals surface area contributed by atoms with Crippen LogP contribution in [0.1, 0.15) is 43.0 Å². The average molecular weight is 302 g/mol. The first-order valence-electron chi connectivity index (χ1n) is 7.66. The Bertz CT molecular complexity index is 669. The summed E-state index contributed by atoms with van der Waals surface area (Å²) in [6.07, 6.45) is 5.96. The topological polar surface area (TPSA) is 76.8 Å². The van der Waals surface area contributed by atoms with E-state index >= 15 is 0 Å². The van der Waals surface area contributed by atoms with E-state index in [0.717, 1.165) is 12.1 Å². The number of amides is 1. The molecule has 2 aromatic rings. The second-order valence-corrected chi connectivity index (χ2v) is 5.70. The lowest BCUT2D eigenvalue weighted by Gasteiger charge is -2.13. The van der Waals surface area contributed by atoms with Gasteiger partial charge in [0.2, 0.25) is 5.91 Å². The van der Waals surface area contributed by atoms with Crippen LogP contribution in [0, 0.1) is 0 Å². The van der Waals surface area contributed by atoms with Crippen LogP contribution < -0.4 is 10.6 Å². The first kappa shape index (κ1) is 14.8. The number of nitrogens with one attached hydrogen (secondary N) is 2. The molecule has 1 fully saturated rings. The van der Waals surface area contributed by atoms with Gasteiger partial charge in [0, 0.05) is 43.0 Å². The highest BCUT2D eigenvalue weighted by Gasteiger charge is 2.28. The minimum atomic E-state index is -0.440. The van der Waals surface area contributed by atoms with Crippen LogP contribution >= 0.6 is 0 Å². The molecule has 0 spiro atoms. The first-order chi connectivity index (χ1) is 10.6. The Morgan fingerprint density at radius 3 is 2.82 bits per heavy atom. The fourth-order valence-electron chi connectivity index (χ4n) is 2.69. The van der Waals surface area contributed by atoms with Gasteiger partial charge in [-0.3, -0.25) is 14.2 Å². The predicted octanol–water partition coefficient (Wildman–Crippen LogP) is 1.41. The normalized spacial score (nSPS) is 15.8. The Labute approximate surface area is 129 Å². The van der Waals surface area contributed by atoms with E-state index < -0.39 is 6.04 Å². The average Bonchev–Trinajstić information content (AvgIpc) is 3.13. The lowest BCUT2D eigenvalue weighted by atomic mass is 10.1. The third-order valence-electron chi connectivity index (χ3n) is 3.97. The summed E-state index contributed by atoms with van der Waals surface area (Å²) in [7, 11) is 3.59. The molecule has 1 atom stereocenters. The van der Waals surface area contributed by atoms with Gasteiger partial charge in [-0.25, -0.2) is 0 Å². The third-order valence-corrected chi connectivity index (χ3v) is 3.97. The Kier molecular flexibility index (Phi) is 3.98. The maximum Gasteiger partial charge on any atom is 0.247 e. The number of anilines is 1. The monoisotopic (exact) mass is 302 g/mol. The highest BCUT2D eigenvalue weighted by atomic mass is 16.2. The molecule has 1 amide bonds. The zero-order valence-electron chi connectivity index (χ0n) is 13.2. The molecule has 0 aromatic carbocycles. The molecule has 2 heterocycles. The van der Waals surface area contributed by atoms with Crippen molar-refractivity contribution < 1.29 is 4.79 Å². The van der Waals surface area contributed by atoms with E-state index in [1.807, 2.05) is 24.0 Å². The van der Waals surface area contributed by atoms with Gasteiger partial charge in [0.1, 0.15) is 6.04 Å². The largest absolute Gasteiger partial charge is 0.308 e. The van der Waals surface area contributed by atoms with Gasteiger partial charge < -0.3 is 10.6 Å². The molecule has 7 nitrogen and oxygen atoms in total. The van der Waals surface area contributed by atoms with Gasteiger partial charge in [0.15, 0.2) is 5.82 Å². The lowest BCUT2D eigenvalue weighted by molar-refractivity contribution is -0.118. The van der Waals surface area contributed by atoms with Crippen molar-refractivity contribution in [2.45, 2.75) is 38.3 Å². The van der Waals surface area contributed by atoms with E-state index in [1.165, 1.54) is 18.5 Å². The van der Waals surface area contributed by atoms with Crippen molar-refractivity contribution in [3.8, 4) is 0 Å². The van der Waals surface area contributed by atoms with Crippen molar-refractivity contribution in [2.24, 2.45) is 7.05 Å². The quantitative estimate of drug-likeness (QED) is 0.846. The van der Waals surface area contributed by atoms with Crippen LogP contribution in [-0.2, 0) is 18.4 Å². The molecule has 1 saturated carbocycles. The molecule has 3 rings (SSSR count). The van der Waals surface area contributed by atoms with Gasteiger partial charge >= 0.3 is 0 Å². The Morgan fingerprint density at radius 1 is 1.50 bits per heavy atom. The maximum absolute atomic E-state index is 12.5. The first-order valence-corrected chi connectivity index (χ1v) is 7.66. The molecule has 1 aliphatic rings. The fourth-order valence-corrected chi connectivity index (χ4v) is 2.69. The van der Waals surface area contributed by atoms with Gasteiger partial charge in [0.05, 0.1) is 6.20 Å². The molecule has 0 radical (unpaired) electrons. The van der Waals surface area contributed by atoms with Crippen LogP contribution in [0.2, 0.25) is 0 Å². The number of hydrogen-bond donors (Lipinski definition) is 2. The van der Waals surface area contributed by atoms with E-state index in [9.17, 15) is 4.79 Å². The summed E-state index contributed by atoms with van der Waals surface area (Å²) in [5.41, 5.74) is 2.06. The molecule has 0 saturated heterocycles. The highest BCUT2D eigenvalue weighted by Crippen LogP contribution is 2.40. The summed E-state index contributed by atoms with van der Waals surface area (Å²) in [6, 6.07) is 1.56. The van der Waals surface area contributed by atoms with Crippen molar-refractivity contribution in [2.75, 3.05) is 12.4 Å². The maximum atomic E-state index is 12.5. The minimum absolute atomic E-state index is 0.126. The van der Waals surface area contributed by atoms with E-state index in [0.29, 0.717) is 11.7 Å². The number of rotatable bonds is 6. The van der Waals surface area contributed by atoms with E-state index in [4.69, 9.17) is 0 Å². The molecule has 1 unspecified atom stereocenters. The van der Waals surface area contributed by atoms with Gasteiger partial charge in [-0.1, -0.05) is 0 Å². The Morgan fingerprint density at radius 2 is 2.27 bits per heavy atom. The zero-order valence-corrected chi connectivity index (χ0v) is 13.2. The minimum Gasteiger partial charge on any atom is -0.308 e. The SMILES string of the molecule is CCn1nc(NC(=O)C(NC)c2cnn(C)c2)cc1C1CC1. The molecular formula is C15H22N6O. The second-order valence-electron chi connectivity index (χ2n) is 5.70. The van der Waals surface area contributed by atoms with Crippen molar-refractivity contribution in [1.29, 1.82) is 0 Å². The van der Waals surface area contributed by atoms with Crippen molar-refractivity contribution in [1.82, 2.24) is 24.9 Å². The number of carbonyl (C=O) groups excluding carboxylic acids is 1. The van der Waals surface area contributed by atoms with Gasteiger partial charge in [-0.2, -0.15) is 10.2 Å². The molecule has 1 aliphatic carbocycles. The molecule has 7 heteroatoms. The molecule has 22 heavy (non-hydrogen) atoms. The van der Waals surface area contributed by atoms with Gasteiger partial charge in [-0.15, -0.1) is 0 Å². The zero-order chi connectivity index (χ0) is 15.7. The van der Waals surface area contributed by atoms with Gasteiger partial charge in [0.25, 0.3) is 0 Å². The van der Waals surface area contributed by atoms with Crippen molar-refractivity contribution in [3.63, 3.8) is 0 Å². The van der Waals surface area contributed by atoms with Crippen LogP contribution in [0.4, 0.5) is 5.82 Å². The Hall–Kier alpha value is -2.15. The third kappa shape index (κ3) is 2.89. The lowest BCUT2D eigenvalue weighted by Crippen LogP contribution is -2.30. The van der Waals surface area contributed by atoms with Crippen LogP contribution in [0.3, 0.4) is 0 Å². The molecule has 2 N–H and O–H groups in total. The van der Waals surface area contributed by atoms with Crippen molar-refractivity contribution >= 4 is 11.7 Å². The van der Waals surface area contributed by atoms with E-state index in [2.05, 4.69) is 27.8 Å². The van der Waals surface area contributed by atoms with Crippen LogP contribution in [0.5, 0.6) is 0 Å². The Balaban J connectivity index is 1.75. The molecule has 0 aliphatic heterocycles. The van der Waals surface area contributed by atoms with Gasteiger partial charge in [-0.05, 0) is 26.8 Å². The number of hydrogen-bond acceptors (Lipinski definition) is 4. The standard InChI is InChI=1S/C15H22N6O/c1-4-21-12(10-5-6-10)7-13(19-21)18-15(22)14(16-2)11-8-17-20(3)9-11/h7-10,14,16H,4-6H2,1-3H3,(H,18,19,22). The number of aryl methyl sites for hydroxylation is 2. The van der Waals surface area contributed by atoms with E-state index in [-0.39, 0.29) is 5.91 Å². The highest BCUT2D eigenvalue weighted by molar-refractivity contribution is 5.94. The van der Waals surface area contributed by atoms with Crippen LogP contribution in [-0.4, -0.2) is 32.5 Å². The summed E-state index contributed by atoms with van der Waals surface area (Å²) in [5.74, 6) is 1.10. The summed E-state index contributed by atoms with van der Waals surface area (Å²) >= 11 is 0. The van der Waals surface area contributed by atoms with E-state index in [1.54, 1.807) is 17.9 Å². The summed E-state index contributed by atoms with van der Waals surface area (Å²) in [5, 5.41) is 14.5. The van der Waals surface area contributed by atoms with Crippen LogP contribution in [0.25, 0.3) is 0 Å². The summed E-state index contributed by atoms with van der Waals surface area (Å²) in [6.45, 7) is 2.89. The smallest absolute Gasteiger partial charge is 0.247 e.